The fraction of sp³-hybridized carbons (Fsp3) is 0.167. The van der Waals surface area contributed by atoms with E-state index in [1.165, 1.54) is 0 Å². The molecule has 1 N–H and O–H groups in total. The highest BCUT2D eigenvalue weighted by atomic mass is 79.9. The number of nitrogens with one attached hydrogen (secondary N) is 1. The molecule has 0 saturated carbocycles. The molecule has 0 amide bonds. The quantitative estimate of drug-likeness (QED) is 0.869. The highest BCUT2D eigenvalue weighted by Gasteiger charge is 2.13. The Bertz CT molecular complexity index is 522. The van der Waals surface area contributed by atoms with E-state index in [0.717, 1.165) is 40.2 Å². The van der Waals surface area contributed by atoms with Gasteiger partial charge < -0.3 is 5.32 Å². The summed E-state index contributed by atoms with van der Waals surface area (Å²) in [6, 6.07) is 8.12. The van der Waals surface area contributed by atoms with Crippen molar-refractivity contribution < 1.29 is 0 Å². The minimum Gasteiger partial charge on any atom is -0.305 e. The second-order valence-electron chi connectivity index (χ2n) is 3.76. The van der Waals surface area contributed by atoms with E-state index in [9.17, 15) is 0 Å². The first-order valence-electron chi connectivity index (χ1n) is 5.14. The Morgan fingerprint density at radius 3 is 2.62 bits per heavy atom. The third kappa shape index (κ3) is 1.74. The summed E-state index contributed by atoms with van der Waals surface area (Å²) in [5, 5.41) is 3.24. The van der Waals surface area contributed by atoms with Gasteiger partial charge in [0.05, 0.1) is 23.3 Å². The van der Waals surface area contributed by atoms with E-state index in [0.29, 0.717) is 0 Å². The second-order valence-corrected chi connectivity index (χ2v) is 4.67. The standard InChI is InChI=1S/C12H10BrN3/c13-9-3-1-8(2-4-9)10-7-15-11-5-14-6-12(11)16-10/h1-4,7,14H,5-6H2. The Morgan fingerprint density at radius 1 is 1.06 bits per heavy atom. The molecule has 4 heteroatoms. The molecule has 3 rings (SSSR count). The number of rotatable bonds is 1. The predicted octanol–water partition coefficient (Wildman–Crippen LogP) is 2.51. The van der Waals surface area contributed by atoms with Gasteiger partial charge in [-0.1, -0.05) is 28.1 Å². The highest BCUT2D eigenvalue weighted by Crippen LogP contribution is 2.21. The molecule has 0 bridgehead atoms. The largest absolute Gasteiger partial charge is 0.305 e. The number of benzene rings is 1. The van der Waals surface area contributed by atoms with E-state index in [1.54, 1.807) is 0 Å². The van der Waals surface area contributed by atoms with Crippen molar-refractivity contribution in [2.24, 2.45) is 0 Å². The summed E-state index contributed by atoms with van der Waals surface area (Å²) in [7, 11) is 0. The third-order valence-corrected chi connectivity index (χ3v) is 3.18. The number of halogens is 1. The van der Waals surface area contributed by atoms with Crippen molar-refractivity contribution in [3.63, 3.8) is 0 Å². The molecule has 0 atom stereocenters. The molecular weight excluding hydrogens is 266 g/mol. The molecular formula is C12H10BrN3. The van der Waals surface area contributed by atoms with Gasteiger partial charge in [-0.15, -0.1) is 0 Å². The molecule has 1 aliphatic rings. The number of hydrogen-bond donors (Lipinski definition) is 1. The molecule has 0 spiro atoms. The Hall–Kier alpha value is -1.26. The normalized spacial score (nSPS) is 13.8. The molecule has 0 aliphatic carbocycles. The number of aromatic nitrogens is 2. The third-order valence-electron chi connectivity index (χ3n) is 2.66. The van der Waals surface area contributed by atoms with Crippen LogP contribution in [0.15, 0.2) is 34.9 Å². The van der Waals surface area contributed by atoms with Gasteiger partial charge in [0.25, 0.3) is 0 Å². The second kappa shape index (κ2) is 3.96. The first-order chi connectivity index (χ1) is 7.83. The van der Waals surface area contributed by atoms with Crippen molar-refractivity contribution in [2.45, 2.75) is 13.1 Å². The average molecular weight is 276 g/mol. The molecule has 0 fully saturated rings. The summed E-state index contributed by atoms with van der Waals surface area (Å²) in [5.74, 6) is 0. The van der Waals surface area contributed by atoms with Gasteiger partial charge in [-0.3, -0.25) is 4.98 Å². The fourth-order valence-electron chi connectivity index (χ4n) is 1.80. The monoisotopic (exact) mass is 275 g/mol. The minimum absolute atomic E-state index is 0.826. The lowest BCUT2D eigenvalue weighted by Gasteiger charge is -2.03. The van der Waals surface area contributed by atoms with Crippen molar-refractivity contribution in [1.82, 2.24) is 15.3 Å². The van der Waals surface area contributed by atoms with Gasteiger partial charge in [0.15, 0.2) is 0 Å². The maximum atomic E-state index is 4.61. The first-order valence-corrected chi connectivity index (χ1v) is 5.94. The summed E-state index contributed by atoms with van der Waals surface area (Å²) in [6.07, 6.45) is 1.84. The van der Waals surface area contributed by atoms with E-state index in [4.69, 9.17) is 0 Å². The van der Waals surface area contributed by atoms with Crippen molar-refractivity contribution in [1.29, 1.82) is 0 Å². The molecule has 1 aromatic heterocycles. The van der Waals surface area contributed by atoms with Crippen LogP contribution >= 0.6 is 15.9 Å². The SMILES string of the molecule is Brc1ccc(-c2cnc3c(n2)CNC3)cc1. The van der Waals surface area contributed by atoms with Gasteiger partial charge >= 0.3 is 0 Å². The molecule has 0 saturated heterocycles. The van der Waals surface area contributed by atoms with Gasteiger partial charge in [0.2, 0.25) is 0 Å². The van der Waals surface area contributed by atoms with Gasteiger partial charge in [-0.25, -0.2) is 4.98 Å². The molecule has 1 aromatic carbocycles. The maximum absolute atomic E-state index is 4.61. The maximum Gasteiger partial charge on any atom is 0.0889 e. The van der Waals surface area contributed by atoms with E-state index in [-0.39, 0.29) is 0 Å². The van der Waals surface area contributed by atoms with Crippen LogP contribution in [0.4, 0.5) is 0 Å². The van der Waals surface area contributed by atoms with Crippen LogP contribution in [0.25, 0.3) is 11.3 Å². The Morgan fingerprint density at radius 2 is 1.81 bits per heavy atom. The lowest BCUT2D eigenvalue weighted by Crippen LogP contribution is -2.00. The van der Waals surface area contributed by atoms with E-state index in [1.807, 2.05) is 30.5 Å². The molecule has 3 nitrogen and oxygen atoms in total. The molecule has 2 heterocycles. The van der Waals surface area contributed by atoms with E-state index >= 15 is 0 Å². The minimum atomic E-state index is 0.826. The average Bonchev–Trinajstić information content (AvgIpc) is 2.77. The van der Waals surface area contributed by atoms with Gasteiger partial charge in [-0.05, 0) is 12.1 Å². The Labute approximate surface area is 102 Å². The van der Waals surface area contributed by atoms with Crippen molar-refractivity contribution in [3.05, 3.63) is 46.3 Å². The topological polar surface area (TPSA) is 37.8 Å². The van der Waals surface area contributed by atoms with Crippen molar-refractivity contribution in [2.75, 3.05) is 0 Å². The van der Waals surface area contributed by atoms with Gasteiger partial charge in [0, 0.05) is 23.1 Å². The van der Waals surface area contributed by atoms with Crippen LogP contribution in [0.2, 0.25) is 0 Å². The lowest BCUT2D eigenvalue weighted by molar-refractivity contribution is 0.753. The molecule has 80 valence electrons. The summed E-state index contributed by atoms with van der Waals surface area (Å²) in [5.41, 5.74) is 4.18. The Balaban J connectivity index is 2.03. The summed E-state index contributed by atoms with van der Waals surface area (Å²) >= 11 is 3.42. The molecule has 16 heavy (non-hydrogen) atoms. The smallest absolute Gasteiger partial charge is 0.0889 e. The summed E-state index contributed by atoms with van der Waals surface area (Å²) in [4.78, 5) is 9.03. The highest BCUT2D eigenvalue weighted by molar-refractivity contribution is 9.10. The van der Waals surface area contributed by atoms with Crippen LogP contribution in [0, 0.1) is 0 Å². The van der Waals surface area contributed by atoms with E-state index < -0.39 is 0 Å². The van der Waals surface area contributed by atoms with Crippen molar-refractivity contribution >= 4 is 15.9 Å². The zero-order chi connectivity index (χ0) is 11.0. The van der Waals surface area contributed by atoms with Crippen LogP contribution < -0.4 is 5.32 Å². The van der Waals surface area contributed by atoms with Crippen molar-refractivity contribution in [3.8, 4) is 11.3 Å². The summed E-state index contributed by atoms with van der Waals surface area (Å²) in [6.45, 7) is 1.66. The molecule has 2 aromatic rings. The number of hydrogen-bond acceptors (Lipinski definition) is 3. The van der Waals surface area contributed by atoms with Gasteiger partial charge in [-0.2, -0.15) is 0 Å². The van der Waals surface area contributed by atoms with Crippen LogP contribution in [-0.4, -0.2) is 9.97 Å². The molecule has 1 aliphatic heterocycles. The molecule has 0 unspecified atom stereocenters. The fourth-order valence-corrected chi connectivity index (χ4v) is 2.06. The first kappa shape index (κ1) is 9.93. The number of fused-ring (bicyclic) bond motifs is 1. The van der Waals surface area contributed by atoms with Gasteiger partial charge in [0.1, 0.15) is 0 Å². The molecule has 0 radical (unpaired) electrons. The van der Waals surface area contributed by atoms with Crippen LogP contribution in [0.1, 0.15) is 11.4 Å². The van der Waals surface area contributed by atoms with Crippen LogP contribution in [0.5, 0.6) is 0 Å². The van der Waals surface area contributed by atoms with Crippen LogP contribution in [-0.2, 0) is 13.1 Å². The predicted molar refractivity (Wildman–Crippen MR) is 65.7 cm³/mol. The lowest BCUT2D eigenvalue weighted by atomic mass is 10.1. The number of nitrogens with zero attached hydrogens (tertiary/aromatic N) is 2. The van der Waals surface area contributed by atoms with E-state index in [2.05, 4.69) is 31.2 Å². The zero-order valence-corrected chi connectivity index (χ0v) is 10.2. The van der Waals surface area contributed by atoms with Crippen LogP contribution in [0.3, 0.4) is 0 Å². The zero-order valence-electron chi connectivity index (χ0n) is 8.57. The Kier molecular flexibility index (Phi) is 2.46. The summed E-state index contributed by atoms with van der Waals surface area (Å²) < 4.78 is 1.08.